The van der Waals surface area contributed by atoms with Crippen LogP contribution in [0.2, 0.25) is 5.02 Å². The highest BCUT2D eigenvalue weighted by molar-refractivity contribution is 6.31. The second kappa shape index (κ2) is 6.41. The highest BCUT2D eigenvalue weighted by atomic mass is 35.5. The van der Waals surface area contributed by atoms with Gasteiger partial charge in [-0.2, -0.15) is 5.10 Å². The predicted molar refractivity (Wildman–Crippen MR) is 91.1 cm³/mol. The van der Waals surface area contributed by atoms with Gasteiger partial charge < -0.3 is 0 Å². The van der Waals surface area contributed by atoms with Crippen molar-refractivity contribution in [3.8, 4) is 0 Å². The summed E-state index contributed by atoms with van der Waals surface area (Å²) in [6, 6.07) is 13.8. The van der Waals surface area contributed by atoms with Crippen LogP contribution in [-0.2, 0) is 0 Å². The largest absolute Gasteiger partial charge is 0.294 e. The standard InChI is InChI=1S/C16H11ClN4O2/c17-13-6-7-15(21(22)23)14(9-13)20-19-10-12-4-1-3-11-5-2-8-18-16(11)12/h1-10,20H/b19-10+. The van der Waals surface area contributed by atoms with Gasteiger partial charge in [0.05, 0.1) is 16.7 Å². The minimum absolute atomic E-state index is 0.0948. The van der Waals surface area contributed by atoms with E-state index in [0.29, 0.717) is 5.02 Å². The van der Waals surface area contributed by atoms with Gasteiger partial charge in [0.2, 0.25) is 0 Å². The number of hydrogen-bond donors (Lipinski definition) is 1. The van der Waals surface area contributed by atoms with Gasteiger partial charge in [0.15, 0.2) is 0 Å². The fraction of sp³-hybridized carbons (Fsp3) is 0. The lowest BCUT2D eigenvalue weighted by Crippen LogP contribution is -1.97. The van der Waals surface area contributed by atoms with E-state index in [0.717, 1.165) is 16.5 Å². The SMILES string of the molecule is O=[N+]([O-])c1ccc(Cl)cc1N/N=C/c1cccc2cccnc12. The molecule has 0 unspecified atom stereocenters. The highest BCUT2D eigenvalue weighted by Crippen LogP contribution is 2.27. The van der Waals surface area contributed by atoms with Crippen LogP contribution in [0.25, 0.3) is 10.9 Å². The summed E-state index contributed by atoms with van der Waals surface area (Å²) in [5, 5.41) is 16.4. The summed E-state index contributed by atoms with van der Waals surface area (Å²) in [5.41, 5.74) is 4.41. The molecule has 0 atom stereocenters. The third kappa shape index (κ3) is 3.27. The molecule has 114 valence electrons. The van der Waals surface area contributed by atoms with Crippen LogP contribution in [0, 0.1) is 10.1 Å². The summed E-state index contributed by atoms with van der Waals surface area (Å²) in [5.74, 6) is 0. The highest BCUT2D eigenvalue weighted by Gasteiger charge is 2.13. The van der Waals surface area contributed by atoms with Crippen molar-refractivity contribution in [3.63, 3.8) is 0 Å². The van der Waals surface area contributed by atoms with Crippen LogP contribution in [0.4, 0.5) is 11.4 Å². The summed E-state index contributed by atoms with van der Waals surface area (Å²) >= 11 is 5.87. The molecule has 1 N–H and O–H groups in total. The van der Waals surface area contributed by atoms with Crippen LogP contribution in [0.5, 0.6) is 0 Å². The van der Waals surface area contributed by atoms with Crippen LogP contribution in [-0.4, -0.2) is 16.1 Å². The molecule has 0 amide bonds. The van der Waals surface area contributed by atoms with E-state index in [9.17, 15) is 10.1 Å². The van der Waals surface area contributed by atoms with Crippen molar-refractivity contribution in [2.75, 3.05) is 5.43 Å². The number of nitro groups is 1. The summed E-state index contributed by atoms with van der Waals surface area (Å²) in [4.78, 5) is 14.8. The molecule has 0 radical (unpaired) electrons. The van der Waals surface area contributed by atoms with E-state index in [2.05, 4.69) is 15.5 Å². The topological polar surface area (TPSA) is 80.4 Å². The third-order valence-corrected chi connectivity index (χ3v) is 3.44. The number of halogens is 1. The number of anilines is 1. The molecule has 2 aromatic carbocycles. The Morgan fingerprint density at radius 2 is 2.04 bits per heavy atom. The molecule has 7 heteroatoms. The van der Waals surface area contributed by atoms with E-state index in [4.69, 9.17) is 11.6 Å². The van der Waals surface area contributed by atoms with Crippen LogP contribution in [0.3, 0.4) is 0 Å². The molecule has 0 bridgehead atoms. The molecule has 3 aromatic rings. The number of hydrazone groups is 1. The Labute approximate surface area is 136 Å². The van der Waals surface area contributed by atoms with Crippen LogP contribution >= 0.6 is 11.6 Å². The quantitative estimate of drug-likeness (QED) is 0.441. The molecule has 3 rings (SSSR count). The first-order valence-electron chi connectivity index (χ1n) is 6.72. The summed E-state index contributed by atoms with van der Waals surface area (Å²) in [7, 11) is 0. The number of nitrogens with zero attached hydrogens (tertiary/aromatic N) is 3. The first kappa shape index (κ1) is 14.9. The maximum absolute atomic E-state index is 11.0. The number of nitrogens with one attached hydrogen (secondary N) is 1. The van der Waals surface area contributed by atoms with Gasteiger partial charge in [-0.05, 0) is 18.2 Å². The average molecular weight is 327 g/mol. The van der Waals surface area contributed by atoms with Crippen molar-refractivity contribution in [2.45, 2.75) is 0 Å². The van der Waals surface area contributed by atoms with Crippen molar-refractivity contribution < 1.29 is 4.92 Å². The number of benzene rings is 2. The second-order valence-electron chi connectivity index (χ2n) is 4.71. The lowest BCUT2D eigenvalue weighted by atomic mass is 10.1. The Morgan fingerprint density at radius 3 is 2.87 bits per heavy atom. The minimum atomic E-state index is -0.492. The Bertz CT molecular complexity index is 906. The Morgan fingerprint density at radius 1 is 1.22 bits per heavy atom. The summed E-state index contributed by atoms with van der Waals surface area (Å²) in [6.07, 6.45) is 3.27. The first-order valence-corrected chi connectivity index (χ1v) is 7.10. The molecular weight excluding hydrogens is 316 g/mol. The van der Waals surface area contributed by atoms with Gasteiger partial charge >= 0.3 is 0 Å². The van der Waals surface area contributed by atoms with E-state index < -0.39 is 4.92 Å². The number of hydrogen-bond acceptors (Lipinski definition) is 5. The van der Waals surface area contributed by atoms with Crippen LogP contribution in [0.1, 0.15) is 5.56 Å². The monoisotopic (exact) mass is 326 g/mol. The van der Waals surface area contributed by atoms with Crippen LogP contribution < -0.4 is 5.43 Å². The van der Waals surface area contributed by atoms with Gasteiger partial charge in [-0.1, -0.05) is 35.9 Å². The van der Waals surface area contributed by atoms with E-state index in [1.165, 1.54) is 18.2 Å². The smallest absolute Gasteiger partial charge is 0.272 e. The van der Waals surface area contributed by atoms with Crippen molar-refractivity contribution in [1.29, 1.82) is 0 Å². The number of nitro benzene ring substituents is 1. The normalized spacial score (nSPS) is 11.0. The molecule has 23 heavy (non-hydrogen) atoms. The molecule has 1 heterocycles. The fourth-order valence-electron chi connectivity index (χ4n) is 2.16. The predicted octanol–water partition coefficient (Wildman–Crippen LogP) is 4.24. The van der Waals surface area contributed by atoms with E-state index in [1.54, 1.807) is 12.4 Å². The molecule has 0 saturated carbocycles. The first-order chi connectivity index (χ1) is 11.1. The molecular formula is C16H11ClN4O2. The third-order valence-electron chi connectivity index (χ3n) is 3.21. The zero-order valence-electron chi connectivity index (χ0n) is 11.8. The Kier molecular flexibility index (Phi) is 4.16. The Hall–Kier alpha value is -2.99. The van der Waals surface area contributed by atoms with Crippen molar-refractivity contribution in [3.05, 3.63) is 75.4 Å². The van der Waals surface area contributed by atoms with E-state index >= 15 is 0 Å². The molecule has 0 aliphatic heterocycles. The van der Waals surface area contributed by atoms with Gasteiger partial charge in [0, 0.05) is 28.2 Å². The lowest BCUT2D eigenvalue weighted by Gasteiger charge is -2.03. The van der Waals surface area contributed by atoms with Crippen molar-refractivity contribution >= 4 is 40.1 Å². The molecule has 0 aliphatic rings. The van der Waals surface area contributed by atoms with Gasteiger partial charge in [0.1, 0.15) is 5.69 Å². The fourth-order valence-corrected chi connectivity index (χ4v) is 2.33. The summed E-state index contributed by atoms with van der Waals surface area (Å²) < 4.78 is 0. The van der Waals surface area contributed by atoms with Gasteiger partial charge in [-0.15, -0.1) is 0 Å². The van der Waals surface area contributed by atoms with E-state index in [-0.39, 0.29) is 11.4 Å². The van der Waals surface area contributed by atoms with Crippen LogP contribution in [0.15, 0.2) is 59.8 Å². The maximum atomic E-state index is 11.0. The van der Waals surface area contributed by atoms with Crippen molar-refractivity contribution in [2.24, 2.45) is 5.10 Å². The number of pyridine rings is 1. The average Bonchev–Trinajstić information content (AvgIpc) is 2.55. The molecule has 0 saturated heterocycles. The van der Waals surface area contributed by atoms with Gasteiger partial charge in [-0.25, -0.2) is 0 Å². The number of rotatable bonds is 4. The van der Waals surface area contributed by atoms with Gasteiger partial charge in [-0.3, -0.25) is 20.5 Å². The zero-order valence-corrected chi connectivity index (χ0v) is 12.6. The molecule has 0 aliphatic carbocycles. The number of para-hydroxylation sites is 1. The van der Waals surface area contributed by atoms with Crippen molar-refractivity contribution in [1.82, 2.24) is 4.98 Å². The number of aromatic nitrogens is 1. The Balaban J connectivity index is 1.89. The summed E-state index contributed by atoms with van der Waals surface area (Å²) in [6.45, 7) is 0. The molecule has 0 spiro atoms. The maximum Gasteiger partial charge on any atom is 0.294 e. The lowest BCUT2D eigenvalue weighted by molar-refractivity contribution is -0.384. The van der Waals surface area contributed by atoms with E-state index in [1.807, 2.05) is 30.3 Å². The number of fused-ring (bicyclic) bond motifs is 1. The molecule has 0 fully saturated rings. The second-order valence-corrected chi connectivity index (χ2v) is 5.15. The molecule has 6 nitrogen and oxygen atoms in total. The minimum Gasteiger partial charge on any atom is -0.272 e. The van der Waals surface area contributed by atoms with Gasteiger partial charge in [0.25, 0.3) is 5.69 Å². The molecule has 1 aromatic heterocycles. The zero-order chi connectivity index (χ0) is 16.2.